The SMILES string of the molecule is COc1cc2nc(C)nc(N[C@H](C)c3cccc(C(F)(F)F)c3F)c2cc1O[C@H](C)CN(C)CC1CC1. The van der Waals surface area contributed by atoms with Gasteiger partial charge >= 0.3 is 6.18 Å². The van der Waals surface area contributed by atoms with Crippen LogP contribution in [0.2, 0.25) is 0 Å². The molecule has 1 heterocycles. The third kappa shape index (κ3) is 6.41. The molecule has 1 fully saturated rings. The molecule has 0 spiro atoms. The number of hydrogen-bond acceptors (Lipinski definition) is 6. The van der Waals surface area contributed by atoms with Crippen LogP contribution in [0.3, 0.4) is 0 Å². The molecule has 0 bridgehead atoms. The van der Waals surface area contributed by atoms with Crippen molar-refractivity contribution in [2.45, 2.75) is 51.9 Å². The van der Waals surface area contributed by atoms with Gasteiger partial charge in [-0.05, 0) is 58.7 Å². The highest BCUT2D eigenvalue weighted by Crippen LogP contribution is 2.38. The van der Waals surface area contributed by atoms with Crippen LogP contribution in [0.25, 0.3) is 10.9 Å². The minimum atomic E-state index is -4.79. The largest absolute Gasteiger partial charge is 0.493 e. The molecule has 3 aromatic rings. The molecule has 1 saturated carbocycles. The van der Waals surface area contributed by atoms with Crippen LogP contribution in [-0.4, -0.2) is 48.2 Å². The van der Waals surface area contributed by atoms with Crippen LogP contribution in [-0.2, 0) is 6.18 Å². The third-order valence-corrected chi connectivity index (χ3v) is 6.41. The number of ether oxygens (including phenoxy) is 2. The third-order valence-electron chi connectivity index (χ3n) is 6.41. The van der Waals surface area contributed by atoms with Gasteiger partial charge in [0, 0.05) is 30.1 Å². The van der Waals surface area contributed by atoms with Gasteiger partial charge < -0.3 is 19.7 Å². The number of hydrogen-bond donors (Lipinski definition) is 1. The molecule has 0 radical (unpaired) electrons. The zero-order valence-electron chi connectivity index (χ0n) is 21.6. The van der Waals surface area contributed by atoms with Gasteiger partial charge in [0.25, 0.3) is 0 Å². The molecule has 0 saturated heterocycles. The summed E-state index contributed by atoms with van der Waals surface area (Å²) in [7, 11) is 3.62. The van der Waals surface area contributed by atoms with Gasteiger partial charge in [-0.25, -0.2) is 14.4 Å². The van der Waals surface area contributed by atoms with Gasteiger partial charge in [0.1, 0.15) is 23.6 Å². The van der Waals surface area contributed by atoms with Crippen molar-refractivity contribution in [2.24, 2.45) is 5.92 Å². The van der Waals surface area contributed by atoms with Gasteiger partial charge in [0.05, 0.1) is 24.2 Å². The van der Waals surface area contributed by atoms with Crippen LogP contribution >= 0.6 is 0 Å². The Hall–Kier alpha value is -3.14. The fourth-order valence-corrected chi connectivity index (χ4v) is 4.51. The molecule has 2 aromatic carbocycles. The average Bonchev–Trinajstić information content (AvgIpc) is 3.61. The van der Waals surface area contributed by atoms with Crippen molar-refractivity contribution in [3.63, 3.8) is 0 Å². The number of methoxy groups -OCH3 is 1. The number of alkyl halides is 3. The standard InChI is InChI=1S/C27H32F4N4O2/c1-15(13-35(4)14-18-9-10-18)37-24-11-20-22(12-23(24)36-5)33-17(3)34-26(20)32-16(2)19-7-6-8-21(25(19)28)27(29,30)31/h6-8,11-12,15-16,18H,9-10,13-14H2,1-5H3,(H,32,33,34)/t15-,16-/m1/s1. The first-order valence-electron chi connectivity index (χ1n) is 12.3. The molecule has 10 heteroatoms. The zero-order valence-corrected chi connectivity index (χ0v) is 21.6. The smallest absolute Gasteiger partial charge is 0.419 e. The normalized spacial score (nSPS) is 15.6. The van der Waals surface area contributed by atoms with Crippen molar-refractivity contribution < 1.29 is 27.0 Å². The van der Waals surface area contributed by atoms with Gasteiger partial charge in [-0.1, -0.05) is 12.1 Å². The summed E-state index contributed by atoms with van der Waals surface area (Å²) in [6, 6.07) is 5.94. The molecule has 37 heavy (non-hydrogen) atoms. The molecule has 6 nitrogen and oxygen atoms in total. The van der Waals surface area contributed by atoms with E-state index in [4.69, 9.17) is 9.47 Å². The lowest BCUT2D eigenvalue weighted by molar-refractivity contribution is -0.140. The number of aromatic nitrogens is 2. The number of benzene rings is 2. The summed E-state index contributed by atoms with van der Waals surface area (Å²) in [4.78, 5) is 11.2. The monoisotopic (exact) mass is 520 g/mol. The molecule has 0 amide bonds. The Balaban J connectivity index is 1.63. The highest BCUT2D eigenvalue weighted by Gasteiger charge is 2.35. The maximum Gasteiger partial charge on any atom is 0.419 e. The maximum absolute atomic E-state index is 14.8. The summed E-state index contributed by atoms with van der Waals surface area (Å²) >= 11 is 0. The number of nitrogens with zero attached hydrogens (tertiary/aromatic N) is 3. The quantitative estimate of drug-likeness (QED) is 0.313. The van der Waals surface area contributed by atoms with Gasteiger partial charge in [-0.3, -0.25) is 0 Å². The topological polar surface area (TPSA) is 59.5 Å². The molecular weight excluding hydrogens is 488 g/mol. The van der Waals surface area contributed by atoms with Crippen LogP contribution < -0.4 is 14.8 Å². The second-order valence-corrected chi connectivity index (χ2v) is 9.81. The van der Waals surface area contributed by atoms with Gasteiger partial charge in [-0.2, -0.15) is 13.2 Å². The van der Waals surface area contributed by atoms with E-state index in [1.165, 1.54) is 25.0 Å². The number of halogens is 4. The van der Waals surface area contributed by atoms with E-state index in [2.05, 4.69) is 27.2 Å². The molecule has 1 aromatic heterocycles. The Kier molecular flexibility index (Phi) is 7.77. The lowest BCUT2D eigenvalue weighted by Gasteiger charge is -2.23. The molecule has 1 aliphatic rings. The first-order chi connectivity index (χ1) is 17.5. The molecule has 4 rings (SSSR count). The Bertz CT molecular complexity index is 1260. The van der Waals surface area contributed by atoms with Gasteiger partial charge in [0.15, 0.2) is 11.5 Å². The van der Waals surface area contributed by atoms with Crippen molar-refractivity contribution >= 4 is 16.7 Å². The first-order valence-corrected chi connectivity index (χ1v) is 12.3. The van der Waals surface area contributed by atoms with E-state index < -0.39 is 23.6 Å². The fourth-order valence-electron chi connectivity index (χ4n) is 4.51. The zero-order chi connectivity index (χ0) is 26.9. The van der Waals surface area contributed by atoms with E-state index >= 15 is 0 Å². The van der Waals surface area contributed by atoms with Crippen molar-refractivity contribution in [1.82, 2.24) is 14.9 Å². The Labute approximate surface area is 214 Å². The lowest BCUT2D eigenvalue weighted by Crippen LogP contribution is -2.32. The summed E-state index contributed by atoms with van der Waals surface area (Å²) in [5.41, 5.74) is -0.852. The molecule has 1 N–H and O–H groups in total. The second-order valence-electron chi connectivity index (χ2n) is 9.81. The average molecular weight is 521 g/mol. The maximum atomic E-state index is 14.8. The Morgan fingerprint density at radius 1 is 1.14 bits per heavy atom. The van der Waals surface area contributed by atoms with Crippen LogP contribution in [0.1, 0.15) is 49.7 Å². The van der Waals surface area contributed by atoms with Gasteiger partial charge in [0.2, 0.25) is 0 Å². The van der Waals surface area contributed by atoms with Crippen LogP contribution in [0.15, 0.2) is 30.3 Å². The van der Waals surface area contributed by atoms with Crippen molar-refractivity contribution in [1.29, 1.82) is 0 Å². The molecule has 200 valence electrons. The van der Waals surface area contributed by atoms with E-state index in [9.17, 15) is 17.6 Å². The van der Waals surface area contributed by atoms with Gasteiger partial charge in [-0.15, -0.1) is 0 Å². The highest BCUT2D eigenvalue weighted by atomic mass is 19.4. The second kappa shape index (κ2) is 10.7. The molecule has 0 aliphatic heterocycles. The summed E-state index contributed by atoms with van der Waals surface area (Å²) < 4.78 is 66.3. The number of nitrogens with one attached hydrogen (secondary N) is 1. The summed E-state index contributed by atoms with van der Waals surface area (Å²) in [5.74, 6) is 1.27. The lowest BCUT2D eigenvalue weighted by atomic mass is 10.0. The van der Waals surface area contributed by atoms with E-state index in [0.29, 0.717) is 34.0 Å². The molecule has 1 aliphatic carbocycles. The van der Waals surface area contributed by atoms with Crippen LogP contribution in [0.5, 0.6) is 11.5 Å². The number of likely N-dealkylation sites (N-methyl/N-ethyl adjacent to an activating group) is 1. The van der Waals surface area contributed by atoms with Crippen molar-refractivity contribution in [2.75, 3.05) is 32.6 Å². The molecule has 0 unspecified atom stereocenters. The van der Waals surface area contributed by atoms with E-state index in [0.717, 1.165) is 25.1 Å². The minimum absolute atomic E-state index is 0.114. The van der Waals surface area contributed by atoms with E-state index in [-0.39, 0.29) is 11.7 Å². The number of aryl methyl sites for hydroxylation is 1. The molecule has 2 atom stereocenters. The van der Waals surface area contributed by atoms with Crippen LogP contribution in [0.4, 0.5) is 23.4 Å². The van der Waals surface area contributed by atoms with E-state index in [1.54, 1.807) is 33.1 Å². The first kappa shape index (κ1) is 26.9. The summed E-state index contributed by atoms with van der Waals surface area (Å²) in [5, 5.41) is 3.66. The number of rotatable bonds is 10. The highest BCUT2D eigenvalue weighted by molar-refractivity contribution is 5.92. The predicted octanol–water partition coefficient (Wildman–Crippen LogP) is 6.39. The van der Waals surface area contributed by atoms with Crippen molar-refractivity contribution in [3.05, 3.63) is 53.1 Å². The van der Waals surface area contributed by atoms with Crippen LogP contribution in [0, 0.1) is 18.7 Å². The molecular formula is C27H32F4N4O2. The predicted molar refractivity (Wildman–Crippen MR) is 135 cm³/mol. The number of fused-ring (bicyclic) bond motifs is 1. The minimum Gasteiger partial charge on any atom is -0.493 e. The Morgan fingerprint density at radius 2 is 1.86 bits per heavy atom. The fraction of sp³-hybridized carbons (Fsp3) is 0.481. The van der Waals surface area contributed by atoms with E-state index in [1.807, 2.05) is 6.92 Å². The Morgan fingerprint density at radius 3 is 2.51 bits per heavy atom. The van der Waals surface area contributed by atoms with Crippen molar-refractivity contribution in [3.8, 4) is 11.5 Å². The summed E-state index contributed by atoms with van der Waals surface area (Å²) in [6.07, 6.45) is -2.37. The summed E-state index contributed by atoms with van der Waals surface area (Å²) in [6.45, 7) is 7.04. The number of anilines is 1.